The zero-order valence-corrected chi connectivity index (χ0v) is 16.1. The van der Waals surface area contributed by atoms with Crippen molar-refractivity contribution in [1.82, 2.24) is 14.5 Å². The summed E-state index contributed by atoms with van der Waals surface area (Å²) < 4.78 is 6.14. The zero-order valence-electron chi connectivity index (χ0n) is 15.3. The molecule has 1 aromatic heterocycles. The van der Waals surface area contributed by atoms with E-state index in [1.54, 1.807) is 0 Å². The van der Waals surface area contributed by atoms with E-state index in [0.29, 0.717) is 13.0 Å². The molecule has 1 saturated heterocycles. The Hall–Kier alpha value is -2.13. The Morgan fingerprint density at radius 1 is 1.44 bits per heavy atom. The van der Waals surface area contributed by atoms with Crippen molar-refractivity contribution in [3.05, 3.63) is 21.7 Å². The number of likely N-dealkylation sites (tertiary alicyclic amines) is 1. The molecule has 1 unspecified atom stereocenters. The standard InChI is InChI=1S/C17H25ClN4O5/c1-12(23)27-9-8-22-14(18)10-20-16(17(22)26)19-6-5-13-4-2-3-7-21(13)11-15(24)25/h10,13H,2-9,11H2,1H3,(H,19,20)(H,24,25). The molecule has 0 spiro atoms. The van der Waals surface area contributed by atoms with Gasteiger partial charge in [-0.1, -0.05) is 18.0 Å². The third-order valence-corrected chi connectivity index (χ3v) is 4.79. The van der Waals surface area contributed by atoms with Crippen LogP contribution in [0.3, 0.4) is 0 Å². The number of piperidine rings is 1. The Labute approximate surface area is 162 Å². The molecule has 0 radical (unpaired) electrons. The lowest BCUT2D eigenvalue weighted by Gasteiger charge is -2.34. The molecule has 2 N–H and O–H groups in total. The first kappa shape index (κ1) is 21.2. The lowest BCUT2D eigenvalue weighted by Crippen LogP contribution is -2.43. The van der Waals surface area contributed by atoms with Crippen LogP contribution in [0.5, 0.6) is 0 Å². The van der Waals surface area contributed by atoms with Crippen LogP contribution in [0.1, 0.15) is 32.6 Å². The van der Waals surface area contributed by atoms with Crippen molar-refractivity contribution in [2.45, 2.75) is 45.2 Å². The van der Waals surface area contributed by atoms with E-state index in [-0.39, 0.29) is 42.3 Å². The summed E-state index contributed by atoms with van der Waals surface area (Å²) in [5, 5.41) is 12.2. The van der Waals surface area contributed by atoms with E-state index in [1.807, 2.05) is 4.90 Å². The molecule has 2 rings (SSSR count). The molecule has 0 amide bonds. The van der Waals surface area contributed by atoms with Crippen molar-refractivity contribution < 1.29 is 19.4 Å². The van der Waals surface area contributed by atoms with Gasteiger partial charge in [-0.05, 0) is 25.8 Å². The lowest BCUT2D eigenvalue weighted by atomic mass is 9.99. The molecule has 1 atom stereocenters. The fraction of sp³-hybridized carbons (Fsp3) is 0.647. The number of anilines is 1. The smallest absolute Gasteiger partial charge is 0.317 e. The molecule has 1 aliphatic rings. The van der Waals surface area contributed by atoms with Crippen LogP contribution in [0.15, 0.2) is 11.0 Å². The number of nitrogens with one attached hydrogen (secondary N) is 1. The van der Waals surface area contributed by atoms with E-state index < -0.39 is 11.9 Å². The van der Waals surface area contributed by atoms with Gasteiger partial charge in [0.05, 0.1) is 19.3 Å². The van der Waals surface area contributed by atoms with Crippen molar-refractivity contribution in [3.63, 3.8) is 0 Å². The molecule has 0 aromatic carbocycles. The van der Waals surface area contributed by atoms with Crippen molar-refractivity contribution in [2.75, 3.05) is 31.6 Å². The fourth-order valence-electron chi connectivity index (χ4n) is 3.20. The maximum atomic E-state index is 12.5. The summed E-state index contributed by atoms with van der Waals surface area (Å²) in [6.07, 6.45) is 5.10. The van der Waals surface area contributed by atoms with Crippen molar-refractivity contribution >= 4 is 29.4 Å². The molecule has 1 aromatic rings. The number of halogens is 1. The third kappa shape index (κ3) is 6.51. The van der Waals surface area contributed by atoms with E-state index in [9.17, 15) is 14.4 Å². The van der Waals surface area contributed by atoms with Crippen LogP contribution in [-0.4, -0.2) is 63.8 Å². The molecular weight excluding hydrogens is 376 g/mol. The molecule has 1 fully saturated rings. The highest BCUT2D eigenvalue weighted by molar-refractivity contribution is 6.29. The van der Waals surface area contributed by atoms with Crippen molar-refractivity contribution in [3.8, 4) is 0 Å². The number of aliphatic carboxylic acids is 1. The van der Waals surface area contributed by atoms with Crippen LogP contribution in [0, 0.1) is 0 Å². The van der Waals surface area contributed by atoms with Gasteiger partial charge in [0.2, 0.25) is 0 Å². The summed E-state index contributed by atoms with van der Waals surface area (Å²) in [5.74, 6) is -1.09. The third-order valence-electron chi connectivity index (χ3n) is 4.48. The summed E-state index contributed by atoms with van der Waals surface area (Å²) in [6, 6.07) is 0.167. The van der Waals surface area contributed by atoms with Gasteiger partial charge in [-0.3, -0.25) is 23.9 Å². The Kier molecular flexibility index (Phi) is 8.05. The van der Waals surface area contributed by atoms with Crippen LogP contribution >= 0.6 is 11.6 Å². The number of hydrogen-bond donors (Lipinski definition) is 2. The normalized spacial score (nSPS) is 17.5. The summed E-state index contributed by atoms with van der Waals surface area (Å²) in [6.45, 7) is 2.79. The van der Waals surface area contributed by atoms with Gasteiger partial charge in [0.25, 0.3) is 5.56 Å². The van der Waals surface area contributed by atoms with Gasteiger partial charge < -0.3 is 15.2 Å². The van der Waals surface area contributed by atoms with Gasteiger partial charge in [-0.15, -0.1) is 0 Å². The van der Waals surface area contributed by atoms with Gasteiger partial charge in [-0.25, -0.2) is 4.98 Å². The number of carbonyl (C=O) groups is 2. The van der Waals surface area contributed by atoms with Crippen molar-refractivity contribution in [2.24, 2.45) is 0 Å². The second kappa shape index (κ2) is 10.3. The average molecular weight is 401 g/mol. The molecule has 150 valence electrons. The monoisotopic (exact) mass is 400 g/mol. The Morgan fingerprint density at radius 2 is 2.22 bits per heavy atom. The van der Waals surface area contributed by atoms with Crippen molar-refractivity contribution in [1.29, 1.82) is 0 Å². The maximum Gasteiger partial charge on any atom is 0.317 e. The minimum absolute atomic E-state index is 0.0345. The highest BCUT2D eigenvalue weighted by Gasteiger charge is 2.23. The first-order valence-corrected chi connectivity index (χ1v) is 9.34. The highest BCUT2D eigenvalue weighted by Crippen LogP contribution is 2.19. The summed E-state index contributed by atoms with van der Waals surface area (Å²) >= 11 is 6.01. The zero-order chi connectivity index (χ0) is 19.8. The molecule has 2 heterocycles. The SMILES string of the molecule is CC(=O)OCCn1c(Cl)cnc(NCCC2CCCCN2CC(=O)O)c1=O. The molecular formula is C17H25ClN4O5. The Bertz CT molecular complexity index is 724. The van der Waals surface area contributed by atoms with Crippen LogP contribution in [0.4, 0.5) is 5.82 Å². The van der Waals surface area contributed by atoms with E-state index in [2.05, 4.69) is 10.3 Å². The minimum atomic E-state index is -0.829. The fourth-order valence-corrected chi connectivity index (χ4v) is 3.41. The Balaban J connectivity index is 1.94. The van der Waals surface area contributed by atoms with E-state index >= 15 is 0 Å². The summed E-state index contributed by atoms with van der Waals surface area (Å²) in [4.78, 5) is 40.3. The lowest BCUT2D eigenvalue weighted by molar-refractivity contribution is -0.141. The van der Waals surface area contributed by atoms with Crippen LogP contribution < -0.4 is 10.9 Å². The van der Waals surface area contributed by atoms with Gasteiger partial charge in [-0.2, -0.15) is 0 Å². The topological polar surface area (TPSA) is 114 Å². The molecule has 10 heteroatoms. The number of carbonyl (C=O) groups excluding carboxylic acids is 1. The van der Waals surface area contributed by atoms with Gasteiger partial charge >= 0.3 is 11.9 Å². The predicted octanol–water partition coefficient (Wildman–Crippen LogP) is 1.20. The number of aromatic nitrogens is 2. The van der Waals surface area contributed by atoms with E-state index in [1.165, 1.54) is 17.7 Å². The van der Waals surface area contributed by atoms with Gasteiger partial charge in [0.1, 0.15) is 11.8 Å². The number of ether oxygens (including phenoxy) is 1. The summed E-state index contributed by atoms with van der Waals surface area (Å²) in [7, 11) is 0. The average Bonchev–Trinajstić information content (AvgIpc) is 2.60. The molecule has 9 nitrogen and oxygen atoms in total. The number of rotatable bonds is 9. The number of esters is 1. The molecule has 27 heavy (non-hydrogen) atoms. The van der Waals surface area contributed by atoms with Crippen LogP contribution in [0.25, 0.3) is 0 Å². The molecule has 0 bridgehead atoms. The van der Waals surface area contributed by atoms with Gasteiger partial charge in [0.15, 0.2) is 5.82 Å². The maximum absolute atomic E-state index is 12.5. The number of nitrogens with zero attached hydrogens (tertiary/aromatic N) is 3. The predicted molar refractivity (Wildman–Crippen MR) is 100 cm³/mol. The molecule has 0 aliphatic carbocycles. The van der Waals surface area contributed by atoms with E-state index in [0.717, 1.165) is 25.8 Å². The molecule has 0 saturated carbocycles. The minimum Gasteiger partial charge on any atom is -0.480 e. The first-order chi connectivity index (χ1) is 12.9. The number of hydrogen-bond acceptors (Lipinski definition) is 7. The van der Waals surface area contributed by atoms with Gasteiger partial charge in [0, 0.05) is 19.5 Å². The van der Waals surface area contributed by atoms with E-state index in [4.69, 9.17) is 21.4 Å². The second-order valence-corrected chi connectivity index (χ2v) is 6.84. The number of carboxylic acid groups (broad SMARTS) is 1. The first-order valence-electron chi connectivity index (χ1n) is 8.97. The second-order valence-electron chi connectivity index (χ2n) is 6.46. The quantitative estimate of drug-likeness (QED) is 0.594. The largest absolute Gasteiger partial charge is 0.480 e. The van der Waals surface area contributed by atoms with Crippen LogP contribution in [0.2, 0.25) is 5.15 Å². The summed E-state index contributed by atoms with van der Waals surface area (Å²) in [5.41, 5.74) is -0.388. The highest BCUT2D eigenvalue weighted by atomic mass is 35.5. The van der Waals surface area contributed by atoms with Crippen LogP contribution in [-0.2, 0) is 20.9 Å². The molecule has 1 aliphatic heterocycles. The Morgan fingerprint density at radius 3 is 2.93 bits per heavy atom. The number of carboxylic acids is 1.